The summed E-state index contributed by atoms with van der Waals surface area (Å²) >= 11 is 0. The third kappa shape index (κ3) is 1.95. The van der Waals surface area contributed by atoms with Gasteiger partial charge in [-0.1, -0.05) is 0 Å². The monoisotopic (exact) mass is 196 g/mol. The van der Waals surface area contributed by atoms with Gasteiger partial charge in [0.1, 0.15) is 5.78 Å². The van der Waals surface area contributed by atoms with Crippen LogP contribution < -0.4 is 0 Å². The minimum absolute atomic E-state index is 0.0899. The van der Waals surface area contributed by atoms with Gasteiger partial charge in [-0.05, 0) is 5.21 Å². The largest absolute Gasteiger partial charge is 0.380 e. The van der Waals surface area contributed by atoms with Crippen LogP contribution in [0.1, 0.15) is 12.2 Å². The molecule has 1 aliphatic rings. The van der Waals surface area contributed by atoms with Gasteiger partial charge < -0.3 is 4.74 Å². The second kappa shape index (κ2) is 3.83. The zero-order chi connectivity index (χ0) is 9.97. The summed E-state index contributed by atoms with van der Waals surface area (Å²) in [6.45, 7) is 1.03. The lowest BCUT2D eigenvalue weighted by atomic mass is 9.97. The van der Waals surface area contributed by atoms with Crippen LogP contribution in [0, 0.1) is 5.92 Å². The van der Waals surface area contributed by atoms with Crippen molar-refractivity contribution in [1.82, 2.24) is 20.2 Å². The highest BCUT2D eigenvalue weighted by Gasteiger charge is 2.24. The molecule has 14 heavy (non-hydrogen) atoms. The maximum absolute atomic E-state index is 11.4. The Hall–Kier alpha value is -1.30. The smallest absolute Gasteiger partial charge is 0.175 e. The zero-order valence-corrected chi connectivity index (χ0v) is 8.01. The van der Waals surface area contributed by atoms with Crippen LogP contribution in [0.5, 0.6) is 0 Å². The van der Waals surface area contributed by atoms with Crippen molar-refractivity contribution in [1.29, 1.82) is 0 Å². The predicted octanol–water partition coefficient (Wildman–Crippen LogP) is -0.642. The molecule has 0 radical (unpaired) electrons. The highest BCUT2D eigenvalue weighted by Crippen LogP contribution is 2.13. The molecule has 2 heterocycles. The van der Waals surface area contributed by atoms with Crippen LogP contribution >= 0.6 is 0 Å². The van der Waals surface area contributed by atoms with Gasteiger partial charge in [0.05, 0.1) is 20.3 Å². The first-order valence-electron chi connectivity index (χ1n) is 4.59. The van der Waals surface area contributed by atoms with Crippen molar-refractivity contribution in [3.8, 4) is 0 Å². The number of hydrogen-bond donors (Lipinski definition) is 0. The number of ketones is 1. The third-order valence-electron chi connectivity index (χ3n) is 2.25. The summed E-state index contributed by atoms with van der Waals surface area (Å²) in [6, 6.07) is 0. The van der Waals surface area contributed by atoms with Gasteiger partial charge in [0.2, 0.25) is 0 Å². The summed E-state index contributed by atoms with van der Waals surface area (Å²) in [5, 5.41) is 11.6. The molecule has 0 saturated carbocycles. The van der Waals surface area contributed by atoms with E-state index in [0.717, 1.165) is 0 Å². The fourth-order valence-electron chi connectivity index (χ4n) is 1.49. The molecule has 6 nitrogen and oxygen atoms in total. The molecule has 0 spiro atoms. The van der Waals surface area contributed by atoms with E-state index in [1.165, 1.54) is 4.80 Å². The van der Waals surface area contributed by atoms with Gasteiger partial charge in [0, 0.05) is 18.8 Å². The summed E-state index contributed by atoms with van der Waals surface area (Å²) in [5.41, 5.74) is 0. The van der Waals surface area contributed by atoms with Crippen molar-refractivity contribution in [3.63, 3.8) is 0 Å². The zero-order valence-electron chi connectivity index (χ0n) is 8.01. The summed E-state index contributed by atoms with van der Waals surface area (Å²) in [4.78, 5) is 12.8. The van der Waals surface area contributed by atoms with Gasteiger partial charge in [-0.2, -0.15) is 4.80 Å². The number of Topliss-reactive ketones (excluding diaryl/α,β-unsaturated/α-hetero) is 1. The van der Waals surface area contributed by atoms with Crippen molar-refractivity contribution in [3.05, 3.63) is 5.82 Å². The molecule has 1 saturated heterocycles. The highest BCUT2D eigenvalue weighted by atomic mass is 16.5. The molecule has 76 valence electrons. The average Bonchev–Trinajstić information content (AvgIpc) is 2.56. The second-order valence-corrected chi connectivity index (χ2v) is 3.39. The van der Waals surface area contributed by atoms with Crippen molar-refractivity contribution >= 4 is 5.78 Å². The Kier molecular flexibility index (Phi) is 2.53. The normalized spacial score (nSPS) is 22.6. The average molecular weight is 196 g/mol. The molecule has 0 N–H and O–H groups in total. The number of ether oxygens (including phenoxy) is 1. The van der Waals surface area contributed by atoms with Gasteiger partial charge in [0.25, 0.3) is 0 Å². The van der Waals surface area contributed by atoms with Crippen LogP contribution in [0.2, 0.25) is 0 Å². The molecule has 2 rings (SSSR count). The number of aromatic nitrogens is 4. The van der Waals surface area contributed by atoms with Crippen molar-refractivity contribution < 1.29 is 9.53 Å². The van der Waals surface area contributed by atoms with E-state index >= 15 is 0 Å². The molecular formula is C8H12N4O2. The minimum Gasteiger partial charge on any atom is -0.380 e. The molecule has 1 atom stereocenters. The predicted molar refractivity (Wildman–Crippen MR) is 46.4 cm³/mol. The Morgan fingerprint density at radius 1 is 1.64 bits per heavy atom. The van der Waals surface area contributed by atoms with Crippen LogP contribution in [0.3, 0.4) is 0 Å². The summed E-state index contributed by atoms with van der Waals surface area (Å²) in [5.74, 6) is 0.757. The van der Waals surface area contributed by atoms with Crippen LogP contribution in [0.15, 0.2) is 0 Å². The van der Waals surface area contributed by atoms with Crippen molar-refractivity contribution in [2.45, 2.75) is 12.8 Å². The van der Waals surface area contributed by atoms with E-state index < -0.39 is 0 Å². The lowest BCUT2D eigenvalue weighted by Gasteiger charge is -2.19. The summed E-state index contributed by atoms with van der Waals surface area (Å²) < 4.78 is 5.23. The van der Waals surface area contributed by atoms with E-state index in [2.05, 4.69) is 15.4 Å². The Morgan fingerprint density at radius 3 is 3.14 bits per heavy atom. The van der Waals surface area contributed by atoms with Gasteiger partial charge in [0.15, 0.2) is 5.82 Å². The molecule has 1 aromatic heterocycles. The van der Waals surface area contributed by atoms with Crippen LogP contribution in [0.4, 0.5) is 0 Å². The van der Waals surface area contributed by atoms with Crippen molar-refractivity contribution in [2.24, 2.45) is 13.0 Å². The lowest BCUT2D eigenvalue weighted by molar-refractivity contribution is -0.130. The highest BCUT2D eigenvalue weighted by molar-refractivity contribution is 5.81. The third-order valence-corrected chi connectivity index (χ3v) is 2.25. The fourth-order valence-corrected chi connectivity index (χ4v) is 1.49. The molecule has 1 aromatic rings. The molecule has 0 aromatic carbocycles. The van der Waals surface area contributed by atoms with Gasteiger partial charge in [-0.15, -0.1) is 10.2 Å². The standard InChI is InChI=1S/C8H12N4O2/c1-12-10-8(9-11-12)4-6-5-14-3-2-7(6)13/h6H,2-5H2,1H3. The Morgan fingerprint density at radius 2 is 2.50 bits per heavy atom. The Labute approximate surface area is 81.2 Å². The van der Waals surface area contributed by atoms with E-state index in [0.29, 0.717) is 31.9 Å². The number of carbonyl (C=O) groups is 1. The maximum atomic E-state index is 11.4. The van der Waals surface area contributed by atoms with E-state index in [4.69, 9.17) is 4.74 Å². The quantitative estimate of drug-likeness (QED) is 0.629. The molecule has 0 aliphatic carbocycles. The molecule has 6 heteroatoms. The van der Waals surface area contributed by atoms with Crippen LogP contribution in [-0.2, 0) is 23.0 Å². The lowest BCUT2D eigenvalue weighted by Crippen LogP contribution is -2.29. The number of aryl methyl sites for hydroxylation is 1. The number of rotatable bonds is 2. The van der Waals surface area contributed by atoms with Gasteiger partial charge in [-0.25, -0.2) is 0 Å². The maximum Gasteiger partial charge on any atom is 0.175 e. The molecular weight excluding hydrogens is 184 g/mol. The van der Waals surface area contributed by atoms with Crippen molar-refractivity contribution in [2.75, 3.05) is 13.2 Å². The van der Waals surface area contributed by atoms with E-state index in [9.17, 15) is 4.79 Å². The summed E-state index contributed by atoms with van der Waals surface area (Å²) in [7, 11) is 1.70. The second-order valence-electron chi connectivity index (χ2n) is 3.39. The molecule has 1 aliphatic heterocycles. The molecule has 0 amide bonds. The van der Waals surface area contributed by atoms with E-state index in [-0.39, 0.29) is 11.7 Å². The summed E-state index contributed by atoms with van der Waals surface area (Å²) in [6.07, 6.45) is 1.04. The molecule has 0 bridgehead atoms. The SMILES string of the molecule is Cn1nnc(CC2COCCC2=O)n1. The van der Waals surface area contributed by atoms with Crippen LogP contribution in [-0.4, -0.2) is 39.2 Å². The first kappa shape index (κ1) is 9.26. The fraction of sp³-hybridized carbons (Fsp3) is 0.750. The van der Waals surface area contributed by atoms with Gasteiger partial charge in [-0.3, -0.25) is 4.79 Å². The van der Waals surface area contributed by atoms with Gasteiger partial charge >= 0.3 is 0 Å². The Bertz CT molecular complexity index is 336. The van der Waals surface area contributed by atoms with E-state index in [1.807, 2.05) is 0 Å². The molecule has 1 fully saturated rings. The van der Waals surface area contributed by atoms with Crippen LogP contribution in [0.25, 0.3) is 0 Å². The number of carbonyl (C=O) groups excluding carboxylic acids is 1. The Balaban J connectivity index is 1.99. The number of hydrogen-bond acceptors (Lipinski definition) is 5. The first-order chi connectivity index (χ1) is 6.75. The minimum atomic E-state index is -0.0899. The first-order valence-corrected chi connectivity index (χ1v) is 4.59. The molecule has 1 unspecified atom stereocenters. The van der Waals surface area contributed by atoms with E-state index in [1.54, 1.807) is 7.05 Å². The number of nitrogens with zero attached hydrogens (tertiary/aromatic N) is 4. The topological polar surface area (TPSA) is 69.9 Å². The number of tetrazole rings is 1.